The van der Waals surface area contributed by atoms with Crippen LogP contribution in [0.1, 0.15) is 36.8 Å². The smallest absolute Gasteiger partial charge is 0.0994 e. The molecule has 1 aromatic carbocycles. The van der Waals surface area contributed by atoms with Crippen LogP contribution in [0.25, 0.3) is 0 Å². The Hall–Kier alpha value is -1.53. The Bertz CT molecular complexity index is 477. The van der Waals surface area contributed by atoms with E-state index < -0.39 is 0 Å². The average Bonchev–Trinajstić information content (AvgIpc) is 2.69. The normalized spacial score (nSPS) is 29.9. The summed E-state index contributed by atoms with van der Waals surface area (Å²) in [5.74, 6) is 0. The van der Waals surface area contributed by atoms with Crippen molar-refractivity contribution in [3.63, 3.8) is 0 Å². The van der Waals surface area contributed by atoms with Gasteiger partial charge in [-0.25, -0.2) is 0 Å². The van der Waals surface area contributed by atoms with Crippen LogP contribution in [0.4, 0.5) is 5.69 Å². The van der Waals surface area contributed by atoms with Gasteiger partial charge in [0.1, 0.15) is 0 Å². The number of hydrogen-bond donors (Lipinski definition) is 2. The maximum Gasteiger partial charge on any atom is 0.0994 e. The Morgan fingerprint density at radius 3 is 2.61 bits per heavy atom. The van der Waals surface area contributed by atoms with Crippen molar-refractivity contribution in [2.45, 2.75) is 50.7 Å². The molecule has 0 aliphatic carbocycles. The number of benzene rings is 1. The summed E-state index contributed by atoms with van der Waals surface area (Å²) >= 11 is 0. The van der Waals surface area contributed by atoms with E-state index in [1.54, 1.807) is 0 Å². The van der Waals surface area contributed by atoms with Crippen LogP contribution < -0.4 is 10.6 Å². The highest BCUT2D eigenvalue weighted by Crippen LogP contribution is 2.29. The molecule has 0 amide bonds. The van der Waals surface area contributed by atoms with Crippen molar-refractivity contribution in [2.75, 3.05) is 5.32 Å². The first-order valence-electron chi connectivity index (χ1n) is 6.78. The molecule has 1 aromatic rings. The largest absolute Gasteiger partial charge is 0.382 e. The monoisotopic (exact) mass is 241 g/mol. The van der Waals surface area contributed by atoms with Crippen molar-refractivity contribution >= 4 is 5.69 Å². The van der Waals surface area contributed by atoms with Crippen LogP contribution in [-0.4, -0.2) is 18.1 Å². The third-order valence-electron chi connectivity index (χ3n) is 4.19. The second-order valence-corrected chi connectivity index (χ2v) is 5.59. The molecule has 2 N–H and O–H groups in total. The van der Waals surface area contributed by atoms with Crippen molar-refractivity contribution in [1.82, 2.24) is 5.32 Å². The molecule has 2 unspecified atom stereocenters. The summed E-state index contributed by atoms with van der Waals surface area (Å²) in [6.07, 6.45) is 5.09. The summed E-state index contributed by atoms with van der Waals surface area (Å²) < 4.78 is 0. The van der Waals surface area contributed by atoms with Gasteiger partial charge in [-0.15, -0.1) is 0 Å². The Morgan fingerprint density at radius 2 is 2.00 bits per heavy atom. The van der Waals surface area contributed by atoms with Crippen LogP contribution in [0.2, 0.25) is 0 Å². The van der Waals surface area contributed by atoms with Gasteiger partial charge in [-0.1, -0.05) is 0 Å². The number of aryl methyl sites for hydroxylation is 1. The van der Waals surface area contributed by atoms with E-state index in [2.05, 4.69) is 22.8 Å². The lowest BCUT2D eigenvalue weighted by Gasteiger charge is -2.30. The van der Waals surface area contributed by atoms with Gasteiger partial charge in [-0.3, -0.25) is 0 Å². The molecule has 3 nitrogen and oxygen atoms in total. The fraction of sp³-hybridized carbons (Fsp3) is 0.533. The predicted molar refractivity (Wildman–Crippen MR) is 72.5 cm³/mol. The second-order valence-electron chi connectivity index (χ2n) is 5.59. The first kappa shape index (κ1) is 11.6. The molecule has 2 aliphatic rings. The van der Waals surface area contributed by atoms with Crippen molar-refractivity contribution in [3.05, 3.63) is 29.3 Å². The quantitative estimate of drug-likeness (QED) is 0.836. The van der Waals surface area contributed by atoms with Gasteiger partial charge < -0.3 is 10.6 Å². The van der Waals surface area contributed by atoms with E-state index in [-0.39, 0.29) is 0 Å². The van der Waals surface area contributed by atoms with E-state index in [1.165, 1.54) is 25.7 Å². The highest BCUT2D eigenvalue weighted by atomic mass is 15.0. The van der Waals surface area contributed by atoms with Crippen LogP contribution >= 0.6 is 0 Å². The third-order valence-corrected chi connectivity index (χ3v) is 4.19. The Kier molecular flexibility index (Phi) is 2.97. The van der Waals surface area contributed by atoms with Crippen LogP contribution in [-0.2, 0) is 0 Å². The molecule has 2 atom stereocenters. The molecule has 2 bridgehead atoms. The maximum absolute atomic E-state index is 8.93. The van der Waals surface area contributed by atoms with Gasteiger partial charge in [-0.05, 0) is 56.4 Å². The number of piperidine rings is 1. The molecule has 2 aliphatic heterocycles. The maximum atomic E-state index is 8.93. The Balaban J connectivity index is 1.69. The molecule has 0 spiro atoms. The fourth-order valence-electron chi connectivity index (χ4n) is 3.29. The second kappa shape index (κ2) is 4.62. The van der Waals surface area contributed by atoms with Crippen LogP contribution in [0, 0.1) is 18.3 Å². The van der Waals surface area contributed by atoms with E-state index in [0.717, 1.165) is 16.8 Å². The van der Waals surface area contributed by atoms with Gasteiger partial charge in [-0.2, -0.15) is 5.26 Å². The molecule has 2 heterocycles. The minimum atomic E-state index is 0.580. The van der Waals surface area contributed by atoms with Crippen LogP contribution in [0.5, 0.6) is 0 Å². The molecule has 2 fully saturated rings. The van der Waals surface area contributed by atoms with Gasteiger partial charge in [0.25, 0.3) is 0 Å². The predicted octanol–water partition coefficient (Wildman–Crippen LogP) is 2.56. The zero-order valence-electron chi connectivity index (χ0n) is 10.7. The highest BCUT2D eigenvalue weighted by molar-refractivity contribution is 5.52. The minimum Gasteiger partial charge on any atom is -0.382 e. The number of hydrogen-bond acceptors (Lipinski definition) is 3. The van der Waals surface area contributed by atoms with Crippen molar-refractivity contribution in [1.29, 1.82) is 5.26 Å². The molecule has 18 heavy (non-hydrogen) atoms. The first-order valence-corrected chi connectivity index (χ1v) is 6.78. The number of fused-ring (bicyclic) bond motifs is 2. The number of rotatable bonds is 2. The van der Waals surface area contributed by atoms with Crippen molar-refractivity contribution in [2.24, 2.45) is 0 Å². The molecule has 3 heteroatoms. The van der Waals surface area contributed by atoms with Crippen molar-refractivity contribution < 1.29 is 0 Å². The summed E-state index contributed by atoms with van der Waals surface area (Å²) in [5, 5.41) is 16.2. The molecule has 94 valence electrons. The average molecular weight is 241 g/mol. The number of nitrogens with one attached hydrogen (secondary N) is 2. The van der Waals surface area contributed by atoms with Crippen molar-refractivity contribution in [3.8, 4) is 6.07 Å². The van der Waals surface area contributed by atoms with Gasteiger partial charge >= 0.3 is 0 Å². The molecule has 2 saturated heterocycles. The summed E-state index contributed by atoms with van der Waals surface area (Å²) in [7, 11) is 0. The fourth-order valence-corrected chi connectivity index (χ4v) is 3.29. The molecule has 3 rings (SSSR count). The highest BCUT2D eigenvalue weighted by Gasteiger charge is 2.33. The van der Waals surface area contributed by atoms with Gasteiger partial charge in [0.05, 0.1) is 11.6 Å². The van der Waals surface area contributed by atoms with Gasteiger partial charge in [0.2, 0.25) is 0 Å². The molecular weight excluding hydrogens is 222 g/mol. The topological polar surface area (TPSA) is 47.8 Å². The molecule has 0 radical (unpaired) electrons. The van der Waals surface area contributed by atoms with E-state index in [9.17, 15) is 0 Å². The van der Waals surface area contributed by atoms with E-state index in [0.29, 0.717) is 18.1 Å². The van der Waals surface area contributed by atoms with E-state index in [1.807, 2.05) is 19.1 Å². The lowest BCUT2D eigenvalue weighted by atomic mass is 9.99. The van der Waals surface area contributed by atoms with Crippen LogP contribution in [0.3, 0.4) is 0 Å². The molecular formula is C15H19N3. The molecule has 0 aromatic heterocycles. The van der Waals surface area contributed by atoms with Crippen LogP contribution in [0.15, 0.2) is 18.2 Å². The zero-order chi connectivity index (χ0) is 12.5. The number of anilines is 1. The zero-order valence-corrected chi connectivity index (χ0v) is 10.7. The lowest BCUT2D eigenvalue weighted by Crippen LogP contribution is -2.43. The first-order chi connectivity index (χ1) is 8.74. The minimum absolute atomic E-state index is 0.580. The Morgan fingerprint density at radius 1 is 1.28 bits per heavy atom. The van der Waals surface area contributed by atoms with Gasteiger partial charge in [0, 0.05) is 23.8 Å². The SMILES string of the molecule is Cc1cc(NC2CC3CCC(C2)N3)ccc1C#N. The van der Waals surface area contributed by atoms with E-state index >= 15 is 0 Å². The lowest BCUT2D eigenvalue weighted by molar-refractivity contribution is 0.378. The summed E-state index contributed by atoms with van der Waals surface area (Å²) in [5.41, 5.74) is 2.98. The number of nitrogens with zero attached hydrogens (tertiary/aromatic N) is 1. The summed E-state index contributed by atoms with van der Waals surface area (Å²) in [6, 6.07) is 10.2. The number of nitriles is 1. The van der Waals surface area contributed by atoms with Gasteiger partial charge in [0.15, 0.2) is 0 Å². The van der Waals surface area contributed by atoms with E-state index in [4.69, 9.17) is 5.26 Å². The summed E-state index contributed by atoms with van der Waals surface area (Å²) in [4.78, 5) is 0. The summed E-state index contributed by atoms with van der Waals surface area (Å²) in [6.45, 7) is 2.00. The molecule has 0 saturated carbocycles. The Labute approximate surface area is 108 Å². The standard InChI is InChI=1S/C15H19N3/c1-10-6-12(3-2-11(10)9-16)18-15-7-13-4-5-14(8-15)17-13/h2-3,6,13-15,17-18H,4-5,7-8H2,1H3. The third kappa shape index (κ3) is 2.21.